The van der Waals surface area contributed by atoms with Crippen LogP contribution in [-0.2, 0) is 14.3 Å². The Kier molecular flexibility index (Phi) is 4.99. The van der Waals surface area contributed by atoms with E-state index in [9.17, 15) is 19.8 Å². The summed E-state index contributed by atoms with van der Waals surface area (Å²) in [6.45, 7) is 0.883. The lowest BCUT2D eigenvalue weighted by Crippen LogP contribution is -2.57. The second-order valence-electron chi connectivity index (χ2n) is 5.88. The normalized spacial score (nSPS) is 29.6. The van der Waals surface area contributed by atoms with E-state index in [-0.39, 0.29) is 12.5 Å². The summed E-state index contributed by atoms with van der Waals surface area (Å²) in [5.41, 5.74) is -0.643. The van der Waals surface area contributed by atoms with Gasteiger partial charge >= 0.3 is 5.97 Å². The molecule has 2 atom stereocenters. The molecule has 2 rings (SSSR count). The first-order chi connectivity index (χ1) is 9.58. The van der Waals surface area contributed by atoms with Gasteiger partial charge in [0.2, 0.25) is 5.91 Å². The van der Waals surface area contributed by atoms with Crippen molar-refractivity contribution in [2.75, 3.05) is 19.8 Å². The Labute approximate surface area is 118 Å². The number of nitrogens with one attached hydrogen (secondary N) is 1. The molecule has 0 spiro atoms. The summed E-state index contributed by atoms with van der Waals surface area (Å²) in [5.74, 6) is -2.20. The topological polar surface area (TPSA) is 95.9 Å². The molecule has 1 amide bonds. The van der Waals surface area contributed by atoms with Crippen LogP contribution in [0.25, 0.3) is 0 Å². The number of carboxylic acid groups (broad SMARTS) is 1. The predicted octanol–water partition coefficient (Wildman–Crippen LogP) is 0.535. The third kappa shape index (κ3) is 3.30. The Morgan fingerprint density at radius 1 is 1.15 bits per heavy atom. The predicted molar refractivity (Wildman–Crippen MR) is 71.1 cm³/mol. The average Bonchev–Trinajstić information content (AvgIpc) is 2.48. The molecular formula is C14H23NO5. The molecule has 0 aromatic carbocycles. The molecule has 1 aliphatic heterocycles. The van der Waals surface area contributed by atoms with Crippen LogP contribution in [0.5, 0.6) is 0 Å². The number of carbonyl (C=O) groups excluding carboxylic acids is 1. The minimum atomic E-state index is -0.894. The summed E-state index contributed by atoms with van der Waals surface area (Å²) in [6, 6.07) is 0. The quantitative estimate of drug-likeness (QED) is 0.700. The number of ether oxygens (including phenoxy) is 1. The maximum Gasteiger partial charge on any atom is 0.307 e. The lowest BCUT2D eigenvalue weighted by atomic mass is 9.78. The van der Waals surface area contributed by atoms with Gasteiger partial charge in [0.25, 0.3) is 0 Å². The highest BCUT2D eigenvalue weighted by Gasteiger charge is 2.40. The van der Waals surface area contributed by atoms with Crippen LogP contribution in [0, 0.1) is 11.8 Å². The molecule has 2 unspecified atom stereocenters. The smallest absolute Gasteiger partial charge is 0.307 e. The summed E-state index contributed by atoms with van der Waals surface area (Å²) in [6.07, 6.45) is 4.06. The number of carbonyl (C=O) groups is 2. The van der Waals surface area contributed by atoms with Gasteiger partial charge < -0.3 is 20.3 Å². The van der Waals surface area contributed by atoms with E-state index in [0.29, 0.717) is 38.9 Å². The summed E-state index contributed by atoms with van der Waals surface area (Å²) >= 11 is 0. The van der Waals surface area contributed by atoms with Crippen molar-refractivity contribution < 1.29 is 24.5 Å². The van der Waals surface area contributed by atoms with Crippen LogP contribution in [0.3, 0.4) is 0 Å². The van der Waals surface area contributed by atoms with Crippen LogP contribution in [0.4, 0.5) is 0 Å². The zero-order valence-corrected chi connectivity index (χ0v) is 11.6. The van der Waals surface area contributed by atoms with Crippen LogP contribution < -0.4 is 5.32 Å². The lowest BCUT2D eigenvalue weighted by Gasteiger charge is -2.38. The molecule has 20 heavy (non-hydrogen) atoms. The zero-order chi connectivity index (χ0) is 14.6. The highest BCUT2D eigenvalue weighted by atomic mass is 16.5. The second-order valence-corrected chi connectivity index (χ2v) is 5.88. The third-order valence-electron chi connectivity index (χ3n) is 4.56. The first-order valence-electron chi connectivity index (χ1n) is 7.31. The average molecular weight is 285 g/mol. The van der Waals surface area contributed by atoms with Crippen molar-refractivity contribution in [2.45, 2.75) is 44.1 Å². The molecule has 0 aromatic heterocycles. The maximum absolute atomic E-state index is 12.4. The summed E-state index contributed by atoms with van der Waals surface area (Å²) in [4.78, 5) is 23.7. The highest BCUT2D eigenvalue weighted by molar-refractivity contribution is 5.85. The Morgan fingerprint density at radius 2 is 1.75 bits per heavy atom. The van der Waals surface area contributed by atoms with Gasteiger partial charge in [0.1, 0.15) is 0 Å². The molecule has 1 saturated carbocycles. The van der Waals surface area contributed by atoms with Crippen LogP contribution in [0.1, 0.15) is 38.5 Å². The fourth-order valence-electron chi connectivity index (χ4n) is 3.18. The number of rotatable bonds is 4. The van der Waals surface area contributed by atoms with Gasteiger partial charge in [0.15, 0.2) is 0 Å². The lowest BCUT2D eigenvalue weighted by molar-refractivity contribution is -0.150. The minimum Gasteiger partial charge on any atom is -0.481 e. The van der Waals surface area contributed by atoms with Crippen molar-refractivity contribution in [3.63, 3.8) is 0 Å². The van der Waals surface area contributed by atoms with Crippen LogP contribution >= 0.6 is 0 Å². The van der Waals surface area contributed by atoms with Crippen LogP contribution in [0.15, 0.2) is 0 Å². The molecule has 6 nitrogen and oxygen atoms in total. The summed E-state index contributed by atoms with van der Waals surface area (Å²) in [7, 11) is 0. The molecule has 6 heteroatoms. The van der Waals surface area contributed by atoms with Crippen molar-refractivity contribution in [1.29, 1.82) is 0 Å². The van der Waals surface area contributed by atoms with E-state index in [2.05, 4.69) is 5.32 Å². The molecule has 2 aliphatic rings. The van der Waals surface area contributed by atoms with E-state index in [0.717, 1.165) is 12.8 Å². The van der Waals surface area contributed by atoms with E-state index >= 15 is 0 Å². The SMILES string of the molecule is O=C(O)C1CCCCC1C(=O)NC1(CO)CCOCC1. The van der Waals surface area contributed by atoms with Crippen molar-refractivity contribution in [2.24, 2.45) is 11.8 Å². The van der Waals surface area contributed by atoms with E-state index in [1.807, 2.05) is 0 Å². The van der Waals surface area contributed by atoms with E-state index < -0.39 is 23.3 Å². The van der Waals surface area contributed by atoms with E-state index in [4.69, 9.17) is 4.74 Å². The van der Waals surface area contributed by atoms with Gasteiger partial charge in [0.05, 0.1) is 24.0 Å². The number of aliphatic hydroxyl groups excluding tert-OH is 1. The molecule has 0 bridgehead atoms. The van der Waals surface area contributed by atoms with Gasteiger partial charge in [-0.3, -0.25) is 9.59 Å². The zero-order valence-electron chi connectivity index (χ0n) is 11.6. The Hall–Kier alpha value is -1.14. The van der Waals surface area contributed by atoms with Gasteiger partial charge in [-0.15, -0.1) is 0 Å². The largest absolute Gasteiger partial charge is 0.481 e. The maximum atomic E-state index is 12.4. The van der Waals surface area contributed by atoms with Gasteiger partial charge in [-0.2, -0.15) is 0 Å². The Bertz CT molecular complexity index is 365. The molecule has 114 valence electrons. The molecule has 0 radical (unpaired) electrons. The summed E-state index contributed by atoms with van der Waals surface area (Å²) in [5, 5.41) is 21.7. The Morgan fingerprint density at radius 3 is 2.30 bits per heavy atom. The van der Waals surface area contributed by atoms with Crippen molar-refractivity contribution in [1.82, 2.24) is 5.32 Å². The van der Waals surface area contributed by atoms with E-state index in [1.165, 1.54) is 0 Å². The van der Waals surface area contributed by atoms with E-state index in [1.54, 1.807) is 0 Å². The number of hydrogen-bond donors (Lipinski definition) is 3. The number of aliphatic carboxylic acids is 1. The van der Waals surface area contributed by atoms with Gasteiger partial charge in [-0.1, -0.05) is 12.8 Å². The van der Waals surface area contributed by atoms with Gasteiger partial charge in [0, 0.05) is 13.2 Å². The van der Waals surface area contributed by atoms with Crippen molar-refractivity contribution in [3.8, 4) is 0 Å². The first-order valence-corrected chi connectivity index (χ1v) is 7.31. The molecule has 1 aliphatic carbocycles. The Balaban J connectivity index is 2.03. The molecule has 1 saturated heterocycles. The van der Waals surface area contributed by atoms with Crippen LogP contribution in [0.2, 0.25) is 0 Å². The number of hydrogen-bond acceptors (Lipinski definition) is 4. The molecular weight excluding hydrogens is 262 g/mol. The van der Waals surface area contributed by atoms with Gasteiger partial charge in [-0.25, -0.2) is 0 Å². The number of carboxylic acids is 1. The molecule has 1 heterocycles. The molecule has 3 N–H and O–H groups in total. The first kappa shape index (κ1) is 15.3. The van der Waals surface area contributed by atoms with Crippen molar-refractivity contribution in [3.05, 3.63) is 0 Å². The van der Waals surface area contributed by atoms with Gasteiger partial charge in [-0.05, 0) is 25.7 Å². The van der Waals surface area contributed by atoms with Crippen LogP contribution in [-0.4, -0.2) is 47.4 Å². The number of aliphatic hydroxyl groups is 1. The minimum absolute atomic E-state index is 0.132. The fourth-order valence-corrected chi connectivity index (χ4v) is 3.18. The highest BCUT2D eigenvalue weighted by Crippen LogP contribution is 2.31. The van der Waals surface area contributed by atoms with Crippen molar-refractivity contribution >= 4 is 11.9 Å². The fraction of sp³-hybridized carbons (Fsp3) is 0.857. The third-order valence-corrected chi connectivity index (χ3v) is 4.56. The molecule has 2 fully saturated rings. The standard InChI is InChI=1S/C14H23NO5/c16-9-14(5-7-20-8-6-14)15-12(17)10-3-1-2-4-11(10)13(18)19/h10-11,16H,1-9H2,(H,15,17)(H,18,19). The number of amides is 1. The molecule has 0 aromatic rings. The second kappa shape index (κ2) is 6.54. The monoisotopic (exact) mass is 285 g/mol. The summed E-state index contributed by atoms with van der Waals surface area (Å²) < 4.78 is 5.26.